The molecule has 1 atom stereocenters. The lowest BCUT2D eigenvalue weighted by atomic mass is 10.2. The first-order valence-corrected chi connectivity index (χ1v) is 6.45. The van der Waals surface area contributed by atoms with Crippen molar-refractivity contribution in [2.45, 2.75) is 19.1 Å². The number of aromatic nitrogens is 2. The predicted molar refractivity (Wildman–Crippen MR) is 74.0 cm³/mol. The van der Waals surface area contributed by atoms with Gasteiger partial charge in [0.25, 0.3) is 5.91 Å². The molecule has 1 heterocycles. The van der Waals surface area contributed by atoms with Gasteiger partial charge in [0, 0.05) is 11.9 Å². The first kappa shape index (κ1) is 16.5. The van der Waals surface area contributed by atoms with Crippen molar-refractivity contribution in [3.05, 3.63) is 47.8 Å². The van der Waals surface area contributed by atoms with Gasteiger partial charge in [-0.3, -0.25) is 4.79 Å². The molecule has 0 aliphatic rings. The molecular weight excluding hydrogens is 315 g/mol. The Labute approximate surface area is 128 Å². The molecule has 9 heteroatoms. The highest BCUT2D eigenvalue weighted by Gasteiger charge is 2.30. The van der Waals surface area contributed by atoms with Gasteiger partial charge in [-0.05, 0) is 31.2 Å². The normalized spacial score (nSPS) is 12.7. The summed E-state index contributed by atoms with van der Waals surface area (Å²) in [5, 5.41) is 15.0. The van der Waals surface area contributed by atoms with E-state index in [1.807, 2.05) is 0 Å². The second-order valence-corrected chi connectivity index (χ2v) is 4.71. The van der Waals surface area contributed by atoms with Crippen molar-refractivity contribution >= 4 is 17.6 Å². The summed E-state index contributed by atoms with van der Waals surface area (Å²) < 4.78 is 38.9. The number of aliphatic carboxylic acids is 1. The number of carboxylic acids is 1. The first-order chi connectivity index (χ1) is 10.7. The van der Waals surface area contributed by atoms with Crippen LogP contribution in [0.25, 0.3) is 0 Å². The van der Waals surface area contributed by atoms with Crippen LogP contribution in [-0.2, 0) is 11.0 Å². The Morgan fingerprint density at radius 2 is 2.00 bits per heavy atom. The Hall–Kier alpha value is -2.84. The SMILES string of the molecule is CC(C(=O)O)n1nccc1C(=O)Nc1cccc(C(F)(F)F)c1. The van der Waals surface area contributed by atoms with Gasteiger partial charge >= 0.3 is 12.1 Å². The van der Waals surface area contributed by atoms with Crippen molar-refractivity contribution in [1.29, 1.82) is 0 Å². The van der Waals surface area contributed by atoms with Crippen LogP contribution in [0.1, 0.15) is 29.0 Å². The van der Waals surface area contributed by atoms with E-state index in [2.05, 4.69) is 10.4 Å². The van der Waals surface area contributed by atoms with E-state index in [0.717, 1.165) is 22.9 Å². The topological polar surface area (TPSA) is 84.2 Å². The van der Waals surface area contributed by atoms with E-state index in [1.165, 1.54) is 25.3 Å². The Bertz CT molecular complexity index is 740. The van der Waals surface area contributed by atoms with Gasteiger partial charge in [-0.1, -0.05) is 6.07 Å². The summed E-state index contributed by atoms with van der Waals surface area (Å²) in [6.45, 7) is 1.33. The van der Waals surface area contributed by atoms with Crippen LogP contribution in [0.5, 0.6) is 0 Å². The Balaban J connectivity index is 2.24. The van der Waals surface area contributed by atoms with E-state index in [0.29, 0.717) is 0 Å². The molecule has 23 heavy (non-hydrogen) atoms. The van der Waals surface area contributed by atoms with Crippen molar-refractivity contribution in [2.75, 3.05) is 5.32 Å². The summed E-state index contributed by atoms with van der Waals surface area (Å²) in [6.07, 6.45) is -3.29. The third-order valence-electron chi connectivity index (χ3n) is 3.07. The summed E-state index contributed by atoms with van der Waals surface area (Å²) in [6, 6.07) is 4.32. The molecule has 122 valence electrons. The highest BCUT2D eigenvalue weighted by atomic mass is 19.4. The smallest absolute Gasteiger partial charge is 0.416 e. The third kappa shape index (κ3) is 3.68. The van der Waals surface area contributed by atoms with Crippen molar-refractivity contribution in [3.63, 3.8) is 0 Å². The molecule has 0 fully saturated rings. The number of carbonyl (C=O) groups excluding carboxylic acids is 1. The average Bonchev–Trinajstić information content (AvgIpc) is 2.95. The largest absolute Gasteiger partial charge is 0.480 e. The second-order valence-electron chi connectivity index (χ2n) is 4.71. The average molecular weight is 327 g/mol. The number of amides is 1. The molecule has 1 unspecified atom stereocenters. The molecule has 1 amide bonds. The van der Waals surface area contributed by atoms with Gasteiger partial charge in [0.05, 0.1) is 5.56 Å². The Morgan fingerprint density at radius 3 is 2.61 bits per heavy atom. The Morgan fingerprint density at radius 1 is 1.30 bits per heavy atom. The number of nitrogens with one attached hydrogen (secondary N) is 1. The van der Waals surface area contributed by atoms with E-state index in [4.69, 9.17) is 5.11 Å². The fraction of sp³-hybridized carbons (Fsp3) is 0.214. The van der Waals surface area contributed by atoms with Crippen molar-refractivity contribution in [3.8, 4) is 0 Å². The fourth-order valence-electron chi connectivity index (χ4n) is 1.88. The quantitative estimate of drug-likeness (QED) is 0.904. The second kappa shape index (κ2) is 6.11. The van der Waals surface area contributed by atoms with E-state index < -0.39 is 29.7 Å². The predicted octanol–water partition coefficient (Wildman–Crippen LogP) is 2.80. The molecule has 2 aromatic rings. The molecule has 0 bridgehead atoms. The van der Waals surface area contributed by atoms with Crippen LogP contribution in [0.15, 0.2) is 36.5 Å². The summed E-state index contributed by atoms with van der Waals surface area (Å²) in [7, 11) is 0. The molecule has 1 aromatic heterocycles. The third-order valence-corrected chi connectivity index (χ3v) is 3.07. The molecule has 6 nitrogen and oxygen atoms in total. The molecule has 0 saturated carbocycles. The van der Waals surface area contributed by atoms with Crippen LogP contribution in [0, 0.1) is 0 Å². The number of alkyl halides is 3. The standard InChI is InChI=1S/C14H12F3N3O3/c1-8(13(22)23)20-11(5-6-18-20)12(21)19-10-4-2-3-9(7-10)14(15,16)17/h2-8H,1H3,(H,19,21)(H,22,23). The molecule has 1 aromatic carbocycles. The van der Waals surface area contributed by atoms with Gasteiger partial charge in [-0.2, -0.15) is 18.3 Å². The van der Waals surface area contributed by atoms with Gasteiger partial charge in [-0.15, -0.1) is 0 Å². The number of nitrogens with zero attached hydrogens (tertiary/aromatic N) is 2. The lowest BCUT2D eigenvalue weighted by Gasteiger charge is -2.12. The number of carboxylic acid groups (broad SMARTS) is 1. The first-order valence-electron chi connectivity index (χ1n) is 6.45. The van der Waals surface area contributed by atoms with Crippen molar-refractivity contribution in [1.82, 2.24) is 9.78 Å². The number of halogens is 3. The van der Waals surface area contributed by atoms with E-state index in [1.54, 1.807) is 0 Å². The zero-order valence-electron chi connectivity index (χ0n) is 11.8. The lowest BCUT2D eigenvalue weighted by Crippen LogP contribution is -2.24. The minimum atomic E-state index is -4.53. The Kier molecular flexibility index (Phi) is 4.39. The highest BCUT2D eigenvalue weighted by molar-refractivity contribution is 6.03. The zero-order chi connectivity index (χ0) is 17.2. The molecule has 0 radical (unpaired) electrons. The van der Waals surface area contributed by atoms with Crippen molar-refractivity contribution in [2.24, 2.45) is 0 Å². The van der Waals surface area contributed by atoms with Gasteiger partial charge < -0.3 is 10.4 Å². The van der Waals surface area contributed by atoms with Crippen LogP contribution in [0.3, 0.4) is 0 Å². The number of rotatable bonds is 4. The van der Waals surface area contributed by atoms with E-state index in [-0.39, 0.29) is 11.4 Å². The molecule has 0 spiro atoms. The van der Waals surface area contributed by atoms with Gasteiger partial charge in [0.15, 0.2) is 0 Å². The molecule has 2 rings (SSSR count). The number of benzene rings is 1. The maximum atomic E-state index is 12.6. The minimum absolute atomic E-state index is 0.0550. The molecule has 0 saturated heterocycles. The van der Waals surface area contributed by atoms with E-state index >= 15 is 0 Å². The van der Waals surface area contributed by atoms with Gasteiger partial charge in [-0.25, -0.2) is 9.48 Å². The van der Waals surface area contributed by atoms with Crippen molar-refractivity contribution < 1.29 is 27.9 Å². The summed E-state index contributed by atoms with van der Waals surface area (Å²) >= 11 is 0. The number of carbonyl (C=O) groups is 2. The number of anilines is 1. The number of hydrogen-bond acceptors (Lipinski definition) is 3. The van der Waals surface area contributed by atoms with Crippen LogP contribution in [0.4, 0.5) is 18.9 Å². The van der Waals surface area contributed by atoms with Crippen LogP contribution in [0.2, 0.25) is 0 Å². The zero-order valence-corrected chi connectivity index (χ0v) is 11.8. The maximum Gasteiger partial charge on any atom is 0.416 e. The van der Waals surface area contributed by atoms with Gasteiger partial charge in [0.2, 0.25) is 0 Å². The lowest BCUT2D eigenvalue weighted by molar-refractivity contribution is -0.140. The van der Waals surface area contributed by atoms with E-state index in [9.17, 15) is 22.8 Å². The van der Waals surface area contributed by atoms with Crippen LogP contribution in [-0.4, -0.2) is 26.8 Å². The summed E-state index contributed by atoms with van der Waals surface area (Å²) in [5.74, 6) is -1.95. The van der Waals surface area contributed by atoms with Crippen LogP contribution >= 0.6 is 0 Å². The number of hydrogen-bond donors (Lipinski definition) is 2. The monoisotopic (exact) mass is 327 g/mol. The summed E-state index contributed by atoms with van der Waals surface area (Å²) in [4.78, 5) is 23.1. The van der Waals surface area contributed by atoms with Crippen LogP contribution < -0.4 is 5.32 Å². The molecule has 2 N–H and O–H groups in total. The molecular formula is C14H12F3N3O3. The molecule has 0 aliphatic carbocycles. The fourth-order valence-corrected chi connectivity index (χ4v) is 1.88. The highest BCUT2D eigenvalue weighted by Crippen LogP contribution is 2.30. The minimum Gasteiger partial charge on any atom is -0.480 e. The van der Waals surface area contributed by atoms with Gasteiger partial charge in [0.1, 0.15) is 11.7 Å². The molecule has 0 aliphatic heterocycles. The maximum absolute atomic E-state index is 12.6. The summed E-state index contributed by atoms with van der Waals surface area (Å²) in [5.41, 5.74) is -1.03.